The minimum absolute atomic E-state index is 0.150. The maximum atomic E-state index is 12.8. The molecule has 0 N–H and O–H groups in total. The predicted molar refractivity (Wildman–Crippen MR) is 101 cm³/mol. The maximum Gasteiger partial charge on any atom is 0.281 e. The summed E-state index contributed by atoms with van der Waals surface area (Å²) in [5.74, 6) is -0.150. The number of benzene rings is 2. The van der Waals surface area contributed by atoms with Crippen molar-refractivity contribution in [2.45, 2.75) is 0 Å². The van der Waals surface area contributed by atoms with Crippen LogP contribution in [0, 0.1) is 0 Å². The highest BCUT2D eigenvalue weighted by atomic mass is 79.9. The topological polar surface area (TPSA) is 23.6 Å². The third-order valence-electron chi connectivity index (χ3n) is 3.52. The minimum Gasteiger partial charge on any atom is -0.317 e. The summed E-state index contributed by atoms with van der Waals surface area (Å²) in [5, 5.41) is 1.06. The average Bonchev–Trinajstić information content (AvgIpc) is 2.74. The van der Waals surface area contributed by atoms with E-state index in [2.05, 4.69) is 15.9 Å². The van der Waals surface area contributed by atoms with E-state index >= 15 is 0 Å². The van der Waals surface area contributed by atoms with Crippen LogP contribution in [0.1, 0.15) is 5.56 Å². The first-order valence-electron chi connectivity index (χ1n) is 6.82. The van der Waals surface area contributed by atoms with Gasteiger partial charge < -0.3 is 4.90 Å². The first kappa shape index (κ1) is 16.2. The van der Waals surface area contributed by atoms with Crippen LogP contribution in [0.25, 0.3) is 6.08 Å². The molecular formula is C17H12BrClN2OS. The molecule has 1 fully saturated rings. The van der Waals surface area contributed by atoms with Crippen LogP contribution in [0.2, 0.25) is 5.02 Å². The molecule has 1 aliphatic heterocycles. The lowest BCUT2D eigenvalue weighted by atomic mass is 10.2. The normalized spacial score (nSPS) is 16.6. The molecule has 1 aliphatic rings. The lowest BCUT2D eigenvalue weighted by molar-refractivity contribution is -0.114. The maximum absolute atomic E-state index is 12.8. The number of thiocarbonyl (C=S) groups is 1. The predicted octanol–water partition coefficient (Wildman–Crippen LogP) is 4.71. The fourth-order valence-corrected chi connectivity index (χ4v) is 2.97. The lowest BCUT2D eigenvalue weighted by Crippen LogP contribution is -2.31. The standard InChI is InChI=1S/C17H12BrClN2OS/c1-20-15(10-11-2-4-12(18)5-3-11)16(22)21(17(20)23)14-8-6-13(19)7-9-14/h2-10H,1H3/b15-10+. The summed E-state index contributed by atoms with van der Waals surface area (Å²) in [6.07, 6.45) is 1.83. The summed E-state index contributed by atoms with van der Waals surface area (Å²) in [5.41, 5.74) is 2.17. The van der Waals surface area contributed by atoms with E-state index in [1.807, 2.05) is 30.3 Å². The van der Waals surface area contributed by atoms with Crippen molar-refractivity contribution in [3.63, 3.8) is 0 Å². The zero-order chi connectivity index (χ0) is 16.6. The first-order valence-corrected chi connectivity index (χ1v) is 8.40. The molecule has 3 nitrogen and oxygen atoms in total. The van der Waals surface area contributed by atoms with Gasteiger partial charge >= 0.3 is 0 Å². The Bertz CT molecular complexity index is 802. The Kier molecular flexibility index (Phi) is 4.53. The van der Waals surface area contributed by atoms with Gasteiger partial charge in [-0.25, -0.2) is 0 Å². The van der Waals surface area contributed by atoms with E-state index in [0.29, 0.717) is 21.5 Å². The molecule has 0 unspecified atom stereocenters. The van der Waals surface area contributed by atoms with Gasteiger partial charge in [0.15, 0.2) is 5.11 Å². The Hall–Kier alpha value is -1.69. The second-order valence-corrected chi connectivity index (χ2v) is 6.76. The second kappa shape index (κ2) is 6.43. The number of rotatable bonds is 2. The molecule has 0 aromatic heterocycles. The molecule has 0 atom stereocenters. The molecule has 1 saturated heterocycles. The molecule has 2 aromatic rings. The summed E-state index contributed by atoms with van der Waals surface area (Å²) in [6.45, 7) is 0. The molecule has 2 aromatic carbocycles. The van der Waals surface area contributed by atoms with Gasteiger partial charge in [-0.2, -0.15) is 0 Å². The fourth-order valence-electron chi connectivity index (χ4n) is 2.29. The van der Waals surface area contributed by atoms with Gasteiger partial charge in [-0.05, 0) is 60.3 Å². The van der Waals surface area contributed by atoms with Crippen molar-refractivity contribution in [3.05, 3.63) is 69.3 Å². The van der Waals surface area contributed by atoms with Crippen molar-refractivity contribution < 1.29 is 4.79 Å². The number of hydrogen-bond acceptors (Lipinski definition) is 2. The van der Waals surface area contributed by atoms with Gasteiger partial charge in [-0.1, -0.05) is 39.7 Å². The number of amides is 1. The van der Waals surface area contributed by atoms with Crippen LogP contribution >= 0.6 is 39.7 Å². The highest BCUT2D eigenvalue weighted by Crippen LogP contribution is 2.28. The van der Waals surface area contributed by atoms with E-state index in [1.165, 1.54) is 4.90 Å². The van der Waals surface area contributed by atoms with Crippen molar-refractivity contribution in [1.82, 2.24) is 4.90 Å². The zero-order valence-electron chi connectivity index (χ0n) is 12.2. The van der Waals surface area contributed by atoms with Crippen molar-refractivity contribution in [3.8, 4) is 0 Å². The van der Waals surface area contributed by atoms with Crippen LogP contribution in [0.15, 0.2) is 58.7 Å². The molecule has 3 rings (SSSR count). The van der Waals surface area contributed by atoms with Crippen LogP contribution in [0.3, 0.4) is 0 Å². The quantitative estimate of drug-likeness (QED) is 0.532. The summed E-state index contributed by atoms with van der Waals surface area (Å²) in [7, 11) is 1.79. The highest BCUT2D eigenvalue weighted by molar-refractivity contribution is 9.10. The Labute approximate surface area is 153 Å². The van der Waals surface area contributed by atoms with E-state index in [4.69, 9.17) is 23.8 Å². The second-order valence-electron chi connectivity index (χ2n) is 5.04. The third-order valence-corrected chi connectivity index (χ3v) is 4.76. The van der Waals surface area contributed by atoms with Crippen LogP contribution < -0.4 is 4.90 Å². The van der Waals surface area contributed by atoms with E-state index < -0.39 is 0 Å². The SMILES string of the molecule is CN1C(=S)N(c2ccc(Cl)cc2)C(=O)/C1=C\c1ccc(Br)cc1. The molecule has 0 aliphatic carbocycles. The molecule has 1 heterocycles. The van der Waals surface area contributed by atoms with Gasteiger partial charge in [0.2, 0.25) is 0 Å². The molecule has 1 amide bonds. The van der Waals surface area contributed by atoms with Gasteiger partial charge in [0.25, 0.3) is 5.91 Å². The Morgan fingerprint density at radius 3 is 2.30 bits per heavy atom. The summed E-state index contributed by atoms with van der Waals surface area (Å²) < 4.78 is 0.990. The lowest BCUT2D eigenvalue weighted by Gasteiger charge is -2.16. The highest BCUT2D eigenvalue weighted by Gasteiger charge is 2.36. The monoisotopic (exact) mass is 406 g/mol. The Morgan fingerprint density at radius 1 is 1.09 bits per heavy atom. The molecule has 0 spiro atoms. The van der Waals surface area contributed by atoms with Crippen LogP contribution in [0.4, 0.5) is 5.69 Å². The number of nitrogens with zero attached hydrogens (tertiary/aromatic N) is 2. The minimum atomic E-state index is -0.150. The first-order chi connectivity index (χ1) is 11.0. The zero-order valence-corrected chi connectivity index (χ0v) is 15.3. The number of likely N-dealkylation sites (N-methyl/N-ethyl adjacent to an activating group) is 1. The van der Waals surface area contributed by atoms with Crippen molar-refractivity contribution in [2.24, 2.45) is 0 Å². The number of hydrogen-bond donors (Lipinski definition) is 0. The molecule has 23 heavy (non-hydrogen) atoms. The average molecular weight is 408 g/mol. The van der Waals surface area contributed by atoms with Gasteiger partial charge in [0.05, 0.1) is 5.69 Å². The summed E-state index contributed by atoms with van der Waals surface area (Å²) in [4.78, 5) is 16.0. The molecular weight excluding hydrogens is 396 g/mol. The molecule has 0 radical (unpaired) electrons. The van der Waals surface area contributed by atoms with Crippen LogP contribution in [-0.4, -0.2) is 23.0 Å². The van der Waals surface area contributed by atoms with E-state index in [1.54, 1.807) is 36.2 Å². The van der Waals surface area contributed by atoms with E-state index in [9.17, 15) is 4.79 Å². The van der Waals surface area contributed by atoms with Gasteiger partial charge in [0, 0.05) is 16.5 Å². The largest absolute Gasteiger partial charge is 0.317 e. The fraction of sp³-hybridized carbons (Fsp3) is 0.0588. The molecule has 6 heteroatoms. The van der Waals surface area contributed by atoms with Crippen molar-refractivity contribution >= 4 is 62.5 Å². The Morgan fingerprint density at radius 2 is 1.70 bits per heavy atom. The van der Waals surface area contributed by atoms with E-state index in [0.717, 1.165) is 10.0 Å². The smallest absolute Gasteiger partial charge is 0.281 e. The molecule has 116 valence electrons. The number of anilines is 1. The summed E-state index contributed by atoms with van der Waals surface area (Å²) >= 11 is 14.7. The van der Waals surface area contributed by atoms with Crippen LogP contribution in [-0.2, 0) is 4.79 Å². The van der Waals surface area contributed by atoms with Gasteiger partial charge in [0.1, 0.15) is 5.70 Å². The number of carbonyl (C=O) groups excluding carboxylic acids is 1. The van der Waals surface area contributed by atoms with Crippen molar-refractivity contribution in [2.75, 3.05) is 11.9 Å². The number of carbonyl (C=O) groups is 1. The third kappa shape index (κ3) is 3.17. The Balaban J connectivity index is 1.97. The van der Waals surface area contributed by atoms with E-state index in [-0.39, 0.29) is 5.91 Å². The number of halogens is 2. The summed E-state index contributed by atoms with van der Waals surface area (Å²) in [6, 6.07) is 14.8. The van der Waals surface area contributed by atoms with Gasteiger partial charge in [-0.3, -0.25) is 9.69 Å². The van der Waals surface area contributed by atoms with Gasteiger partial charge in [-0.15, -0.1) is 0 Å². The molecule has 0 bridgehead atoms. The molecule has 0 saturated carbocycles. The van der Waals surface area contributed by atoms with Crippen LogP contribution in [0.5, 0.6) is 0 Å². The van der Waals surface area contributed by atoms with Crippen molar-refractivity contribution in [1.29, 1.82) is 0 Å².